The Morgan fingerprint density at radius 1 is 1.28 bits per heavy atom. The van der Waals surface area contributed by atoms with E-state index in [0.29, 0.717) is 19.6 Å². The second-order valence-corrected chi connectivity index (χ2v) is 7.43. The predicted octanol–water partition coefficient (Wildman–Crippen LogP) is 2.93. The first-order valence-corrected chi connectivity index (χ1v) is 9.73. The molecule has 1 aliphatic heterocycles. The maximum absolute atomic E-state index is 12.5. The van der Waals surface area contributed by atoms with Gasteiger partial charge >= 0.3 is 0 Å². The van der Waals surface area contributed by atoms with Gasteiger partial charge in [-0.05, 0) is 49.2 Å². The number of furan rings is 1. The van der Waals surface area contributed by atoms with E-state index in [1.165, 1.54) is 5.56 Å². The minimum Gasteiger partial charge on any atom is -0.464 e. The van der Waals surface area contributed by atoms with Gasteiger partial charge in [0.1, 0.15) is 5.76 Å². The molecule has 7 nitrogen and oxygen atoms in total. The average molecular weight is 392 g/mol. The molecule has 4 rings (SSSR count). The summed E-state index contributed by atoms with van der Waals surface area (Å²) in [5, 5.41) is 7.22. The van der Waals surface area contributed by atoms with Gasteiger partial charge in [0.05, 0.1) is 30.5 Å². The lowest BCUT2D eigenvalue weighted by atomic mass is 10.1. The lowest BCUT2D eigenvalue weighted by Crippen LogP contribution is -2.34. The van der Waals surface area contributed by atoms with Crippen LogP contribution in [0.4, 0.5) is 5.69 Å². The van der Waals surface area contributed by atoms with Gasteiger partial charge in [-0.3, -0.25) is 14.3 Å². The van der Waals surface area contributed by atoms with Gasteiger partial charge in [0.25, 0.3) is 0 Å². The summed E-state index contributed by atoms with van der Waals surface area (Å²) in [6.45, 7) is 5.48. The number of nitrogens with zero attached hydrogens (tertiary/aromatic N) is 3. The molecule has 1 atom stereocenters. The van der Waals surface area contributed by atoms with Crippen LogP contribution in [-0.4, -0.2) is 34.7 Å². The molecular formula is C22H24N4O3. The standard InChI is InChI=1S/C22H24N4O3/c1-15-5-6-19(10-16(15)2)26-14-17(11-21(26)27)22(28)23-7-8-25-13-18(12-24-25)20-4-3-9-29-20/h3-6,9-10,12-13,17H,7-8,11,14H2,1-2H3,(H,23,28)/t17-/m1/s1. The number of anilines is 1. The van der Waals surface area contributed by atoms with Crippen LogP contribution in [0.15, 0.2) is 53.4 Å². The monoisotopic (exact) mass is 392 g/mol. The van der Waals surface area contributed by atoms with Crippen LogP contribution >= 0.6 is 0 Å². The lowest BCUT2D eigenvalue weighted by Gasteiger charge is -2.18. The first-order valence-electron chi connectivity index (χ1n) is 9.73. The van der Waals surface area contributed by atoms with Crippen molar-refractivity contribution in [3.8, 4) is 11.3 Å². The fraction of sp³-hybridized carbons (Fsp3) is 0.318. The van der Waals surface area contributed by atoms with Crippen LogP contribution < -0.4 is 10.2 Å². The van der Waals surface area contributed by atoms with Crippen molar-refractivity contribution in [1.29, 1.82) is 0 Å². The fourth-order valence-electron chi connectivity index (χ4n) is 3.52. The van der Waals surface area contributed by atoms with Gasteiger partial charge in [-0.15, -0.1) is 0 Å². The van der Waals surface area contributed by atoms with Crippen LogP contribution in [0.3, 0.4) is 0 Å². The molecule has 1 fully saturated rings. The molecule has 0 radical (unpaired) electrons. The molecule has 0 spiro atoms. The van der Waals surface area contributed by atoms with Crippen LogP contribution in [0.2, 0.25) is 0 Å². The van der Waals surface area contributed by atoms with Gasteiger partial charge in [-0.2, -0.15) is 5.10 Å². The molecule has 0 saturated carbocycles. The Kier molecular flexibility index (Phi) is 5.20. The minimum absolute atomic E-state index is 0.0106. The third kappa shape index (κ3) is 4.08. The van der Waals surface area contributed by atoms with Crippen molar-refractivity contribution in [3.63, 3.8) is 0 Å². The molecule has 1 aliphatic rings. The number of aromatic nitrogens is 2. The van der Waals surface area contributed by atoms with Crippen molar-refractivity contribution in [2.24, 2.45) is 5.92 Å². The topological polar surface area (TPSA) is 80.4 Å². The Morgan fingerprint density at radius 2 is 2.14 bits per heavy atom. The molecule has 0 unspecified atom stereocenters. The quantitative estimate of drug-likeness (QED) is 0.699. The largest absolute Gasteiger partial charge is 0.464 e. The summed E-state index contributed by atoms with van der Waals surface area (Å²) in [5.74, 6) is 0.322. The van der Waals surface area contributed by atoms with Crippen molar-refractivity contribution >= 4 is 17.5 Å². The molecule has 29 heavy (non-hydrogen) atoms. The molecule has 150 valence electrons. The molecule has 7 heteroatoms. The predicted molar refractivity (Wildman–Crippen MR) is 109 cm³/mol. The molecule has 1 saturated heterocycles. The number of nitrogens with one attached hydrogen (secondary N) is 1. The van der Waals surface area contributed by atoms with Gasteiger partial charge in [-0.25, -0.2) is 0 Å². The van der Waals surface area contributed by atoms with E-state index >= 15 is 0 Å². The number of hydrogen-bond donors (Lipinski definition) is 1. The fourth-order valence-corrected chi connectivity index (χ4v) is 3.52. The van der Waals surface area contributed by atoms with Gasteiger partial charge in [0, 0.05) is 31.4 Å². The van der Waals surface area contributed by atoms with Gasteiger partial charge in [0.2, 0.25) is 11.8 Å². The van der Waals surface area contributed by atoms with E-state index in [2.05, 4.69) is 10.4 Å². The third-order valence-corrected chi connectivity index (χ3v) is 5.38. The summed E-state index contributed by atoms with van der Waals surface area (Å²) in [7, 11) is 0. The van der Waals surface area contributed by atoms with Crippen molar-refractivity contribution in [1.82, 2.24) is 15.1 Å². The number of carbonyl (C=O) groups excluding carboxylic acids is 2. The van der Waals surface area contributed by atoms with E-state index in [9.17, 15) is 9.59 Å². The molecule has 3 aromatic rings. The normalized spacial score (nSPS) is 16.4. The Balaban J connectivity index is 1.30. The summed E-state index contributed by atoms with van der Waals surface area (Å²) in [6.07, 6.45) is 5.48. The number of aryl methyl sites for hydroxylation is 2. The number of benzene rings is 1. The second-order valence-electron chi connectivity index (χ2n) is 7.43. The highest BCUT2D eigenvalue weighted by Crippen LogP contribution is 2.27. The first-order chi connectivity index (χ1) is 14.0. The van der Waals surface area contributed by atoms with E-state index in [1.54, 1.807) is 22.0 Å². The summed E-state index contributed by atoms with van der Waals surface area (Å²) >= 11 is 0. The molecular weight excluding hydrogens is 368 g/mol. The van der Waals surface area contributed by atoms with Gasteiger partial charge in [-0.1, -0.05) is 6.07 Å². The Morgan fingerprint density at radius 3 is 2.90 bits per heavy atom. The highest BCUT2D eigenvalue weighted by atomic mass is 16.3. The summed E-state index contributed by atoms with van der Waals surface area (Å²) in [4.78, 5) is 26.7. The summed E-state index contributed by atoms with van der Waals surface area (Å²) < 4.78 is 7.12. The second kappa shape index (κ2) is 7.95. The van der Waals surface area contributed by atoms with Crippen LogP contribution in [0.5, 0.6) is 0 Å². The van der Waals surface area contributed by atoms with Crippen molar-refractivity contribution < 1.29 is 14.0 Å². The van der Waals surface area contributed by atoms with Gasteiger partial charge < -0.3 is 14.6 Å². The van der Waals surface area contributed by atoms with Crippen LogP contribution in [0.1, 0.15) is 17.5 Å². The maximum atomic E-state index is 12.5. The third-order valence-electron chi connectivity index (χ3n) is 5.38. The summed E-state index contributed by atoms with van der Waals surface area (Å²) in [5.41, 5.74) is 4.07. The molecule has 2 amide bonds. The highest BCUT2D eigenvalue weighted by molar-refractivity contribution is 6.00. The zero-order valence-electron chi connectivity index (χ0n) is 16.6. The zero-order chi connectivity index (χ0) is 20.4. The Labute approximate surface area is 169 Å². The number of carbonyl (C=O) groups is 2. The number of hydrogen-bond acceptors (Lipinski definition) is 4. The number of amides is 2. The molecule has 2 aromatic heterocycles. The minimum atomic E-state index is -0.333. The lowest BCUT2D eigenvalue weighted by molar-refractivity contribution is -0.126. The summed E-state index contributed by atoms with van der Waals surface area (Å²) in [6, 6.07) is 9.65. The molecule has 3 heterocycles. The van der Waals surface area contributed by atoms with E-state index < -0.39 is 0 Å². The molecule has 0 aliphatic carbocycles. The van der Waals surface area contributed by atoms with E-state index in [4.69, 9.17) is 4.42 Å². The Hall–Kier alpha value is -3.35. The van der Waals surface area contributed by atoms with Crippen LogP contribution in [0, 0.1) is 19.8 Å². The van der Waals surface area contributed by atoms with Crippen LogP contribution in [0.25, 0.3) is 11.3 Å². The van der Waals surface area contributed by atoms with Gasteiger partial charge in [0.15, 0.2) is 0 Å². The highest BCUT2D eigenvalue weighted by Gasteiger charge is 2.35. The first kappa shape index (κ1) is 19.0. The maximum Gasteiger partial charge on any atom is 0.227 e. The van der Waals surface area contributed by atoms with E-state index in [1.807, 2.05) is 50.4 Å². The average Bonchev–Trinajstić information content (AvgIpc) is 3.44. The smallest absolute Gasteiger partial charge is 0.227 e. The van der Waals surface area contributed by atoms with Crippen molar-refractivity contribution in [3.05, 3.63) is 60.1 Å². The van der Waals surface area contributed by atoms with Crippen LogP contribution in [-0.2, 0) is 16.1 Å². The number of rotatable bonds is 6. The van der Waals surface area contributed by atoms with E-state index in [-0.39, 0.29) is 24.2 Å². The van der Waals surface area contributed by atoms with E-state index in [0.717, 1.165) is 22.6 Å². The SMILES string of the molecule is Cc1ccc(N2C[C@H](C(=O)NCCn3cc(-c4ccco4)cn3)CC2=O)cc1C. The molecule has 1 N–H and O–H groups in total. The van der Waals surface area contributed by atoms with Crippen molar-refractivity contribution in [2.45, 2.75) is 26.8 Å². The Bertz CT molecular complexity index is 1020. The molecule has 1 aromatic carbocycles. The zero-order valence-corrected chi connectivity index (χ0v) is 16.6. The van der Waals surface area contributed by atoms with Crippen molar-refractivity contribution in [2.75, 3.05) is 18.0 Å². The molecule has 0 bridgehead atoms.